The Labute approximate surface area is 95.7 Å². The van der Waals surface area contributed by atoms with Crippen molar-refractivity contribution in [2.45, 2.75) is 44.2 Å². The van der Waals surface area contributed by atoms with E-state index in [1.165, 1.54) is 5.56 Å². The molecule has 0 bridgehead atoms. The first kappa shape index (κ1) is 11.6. The van der Waals surface area contributed by atoms with Crippen LogP contribution in [0.1, 0.15) is 24.8 Å². The van der Waals surface area contributed by atoms with E-state index in [-0.39, 0.29) is 6.10 Å². The Morgan fingerprint density at radius 3 is 2.56 bits per heavy atom. The molecule has 1 aliphatic rings. The molecule has 2 rings (SSSR count). The van der Waals surface area contributed by atoms with Gasteiger partial charge in [0.1, 0.15) is 0 Å². The summed E-state index contributed by atoms with van der Waals surface area (Å²) in [5.41, 5.74) is 1.26. The largest absolute Gasteiger partial charge is 0.393 e. The number of hydrogen-bond acceptors (Lipinski definition) is 3. The summed E-state index contributed by atoms with van der Waals surface area (Å²) in [5, 5.41) is 18.9. The summed E-state index contributed by atoms with van der Waals surface area (Å²) < 4.78 is 5.37. The summed E-state index contributed by atoms with van der Waals surface area (Å²) in [6.07, 6.45) is 1.47. The molecular formula is C13H18O3. The molecule has 1 aromatic rings. The van der Waals surface area contributed by atoms with Gasteiger partial charge in [-0.1, -0.05) is 30.3 Å². The maximum Gasteiger partial charge on any atom is 0.157 e. The van der Waals surface area contributed by atoms with Gasteiger partial charge in [-0.15, -0.1) is 0 Å². The molecular weight excluding hydrogens is 204 g/mol. The SMILES string of the molecule is O[C@H]1C[C@@H](CCc2ccccc2)O[C@@H](O)C1. The highest BCUT2D eigenvalue weighted by molar-refractivity contribution is 5.14. The number of aryl methyl sites for hydroxylation is 1. The first-order chi connectivity index (χ1) is 7.74. The number of hydrogen-bond donors (Lipinski definition) is 2. The summed E-state index contributed by atoms with van der Waals surface area (Å²) in [7, 11) is 0. The third-order valence-electron chi connectivity index (χ3n) is 2.96. The molecule has 0 amide bonds. The lowest BCUT2D eigenvalue weighted by atomic mass is 9.99. The zero-order valence-electron chi connectivity index (χ0n) is 9.25. The molecule has 1 aliphatic heterocycles. The monoisotopic (exact) mass is 222 g/mol. The van der Waals surface area contributed by atoms with E-state index in [2.05, 4.69) is 12.1 Å². The maximum absolute atomic E-state index is 9.51. The number of aliphatic hydroxyl groups excluding tert-OH is 2. The van der Waals surface area contributed by atoms with Gasteiger partial charge in [-0.3, -0.25) is 0 Å². The van der Waals surface area contributed by atoms with Crippen LogP contribution in [0.25, 0.3) is 0 Å². The second-order valence-corrected chi connectivity index (χ2v) is 4.36. The molecule has 1 aromatic carbocycles. The van der Waals surface area contributed by atoms with Gasteiger partial charge in [0, 0.05) is 6.42 Å². The molecule has 16 heavy (non-hydrogen) atoms. The van der Waals surface area contributed by atoms with E-state index in [9.17, 15) is 10.2 Å². The smallest absolute Gasteiger partial charge is 0.157 e. The lowest BCUT2D eigenvalue weighted by Gasteiger charge is -2.30. The van der Waals surface area contributed by atoms with E-state index in [0.29, 0.717) is 12.8 Å². The minimum atomic E-state index is -0.801. The highest BCUT2D eigenvalue weighted by Gasteiger charge is 2.26. The summed E-state index contributed by atoms with van der Waals surface area (Å²) in [6, 6.07) is 10.2. The molecule has 1 fully saturated rings. The van der Waals surface area contributed by atoms with Gasteiger partial charge in [0.05, 0.1) is 12.2 Å². The average Bonchev–Trinajstić information content (AvgIpc) is 2.27. The molecule has 3 atom stereocenters. The van der Waals surface area contributed by atoms with Crippen LogP contribution < -0.4 is 0 Å². The van der Waals surface area contributed by atoms with E-state index < -0.39 is 12.4 Å². The number of benzene rings is 1. The lowest BCUT2D eigenvalue weighted by Crippen LogP contribution is -2.35. The van der Waals surface area contributed by atoms with Crippen LogP contribution in [0.3, 0.4) is 0 Å². The van der Waals surface area contributed by atoms with Crippen LogP contribution in [-0.2, 0) is 11.2 Å². The van der Waals surface area contributed by atoms with E-state index in [1.54, 1.807) is 0 Å². The Balaban J connectivity index is 1.81. The summed E-state index contributed by atoms with van der Waals surface area (Å²) in [6.45, 7) is 0. The maximum atomic E-state index is 9.51. The van der Waals surface area contributed by atoms with Crippen LogP contribution in [-0.4, -0.2) is 28.7 Å². The molecule has 0 radical (unpaired) electrons. The highest BCUT2D eigenvalue weighted by Crippen LogP contribution is 2.21. The fourth-order valence-corrected chi connectivity index (χ4v) is 2.12. The van der Waals surface area contributed by atoms with Gasteiger partial charge in [0.25, 0.3) is 0 Å². The van der Waals surface area contributed by atoms with Crippen LogP contribution in [0.5, 0.6) is 0 Å². The number of aliphatic hydroxyl groups is 2. The van der Waals surface area contributed by atoms with E-state index in [4.69, 9.17) is 4.74 Å². The van der Waals surface area contributed by atoms with Gasteiger partial charge >= 0.3 is 0 Å². The Morgan fingerprint density at radius 1 is 1.12 bits per heavy atom. The minimum absolute atomic E-state index is 0.0287. The Kier molecular flexibility index (Phi) is 3.93. The molecule has 0 aromatic heterocycles. The molecule has 3 heteroatoms. The average molecular weight is 222 g/mol. The van der Waals surface area contributed by atoms with Gasteiger partial charge in [0.15, 0.2) is 6.29 Å². The van der Waals surface area contributed by atoms with Crippen molar-refractivity contribution in [3.05, 3.63) is 35.9 Å². The van der Waals surface area contributed by atoms with Gasteiger partial charge in [-0.05, 0) is 24.8 Å². The first-order valence-corrected chi connectivity index (χ1v) is 5.79. The van der Waals surface area contributed by atoms with Crippen LogP contribution in [0.2, 0.25) is 0 Å². The highest BCUT2D eigenvalue weighted by atomic mass is 16.6. The standard InChI is InChI=1S/C13H18O3/c14-11-8-12(16-13(15)9-11)7-6-10-4-2-1-3-5-10/h1-5,11-15H,6-9H2/t11-,12+,13+/m0/s1. The Hall–Kier alpha value is -0.900. The quantitative estimate of drug-likeness (QED) is 0.814. The van der Waals surface area contributed by atoms with E-state index in [1.807, 2.05) is 18.2 Å². The van der Waals surface area contributed by atoms with Crippen LogP contribution in [0.15, 0.2) is 30.3 Å². The first-order valence-electron chi connectivity index (χ1n) is 5.79. The molecule has 0 aliphatic carbocycles. The molecule has 88 valence electrons. The van der Waals surface area contributed by atoms with Crippen molar-refractivity contribution in [3.63, 3.8) is 0 Å². The van der Waals surface area contributed by atoms with Crippen LogP contribution in [0, 0.1) is 0 Å². The summed E-state index contributed by atoms with van der Waals surface area (Å²) >= 11 is 0. The number of ether oxygens (including phenoxy) is 1. The fourth-order valence-electron chi connectivity index (χ4n) is 2.12. The third-order valence-corrected chi connectivity index (χ3v) is 2.96. The molecule has 0 saturated carbocycles. The molecule has 0 unspecified atom stereocenters. The number of rotatable bonds is 3. The molecule has 1 heterocycles. The third kappa shape index (κ3) is 3.30. The minimum Gasteiger partial charge on any atom is -0.393 e. The van der Waals surface area contributed by atoms with E-state index in [0.717, 1.165) is 12.8 Å². The topological polar surface area (TPSA) is 49.7 Å². The normalized spacial score (nSPS) is 30.2. The molecule has 3 nitrogen and oxygen atoms in total. The van der Waals surface area contributed by atoms with Crippen molar-refractivity contribution in [1.29, 1.82) is 0 Å². The predicted molar refractivity (Wildman–Crippen MR) is 60.9 cm³/mol. The van der Waals surface area contributed by atoms with Crippen LogP contribution in [0.4, 0.5) is 0 Å². The zero-order valence-corrected chi connectivity index (χ0v) is 9.25. The van der Waals surface area contributed by atoms with E-state index >= 15 is 0 Å². The molecule has 1 saturated heterocycles. The molecule has 2 N–H and O–H groups in total. The fraction of sp³-hybridized carbons (Fsp3) is 0.538. The van der Waals surface area contributed by atoms with Gasteiger partial charge in [0.2, 0.25) is 0 Å². The molecule has 0 spiro atoms. The van der Waals surface area contributed by atoms with Crippen molar-refractivity contribution >= 4 is 0 Å². The second-order valence-electron chi connectivity index (χ2n) is 4.36. The zero-order chi connectivity index (χ0) is 11.4. The van der Waals surface area contributed by atoms with Gasteiger partial charge in [-0.25, -0.2) is 0 Å². The van der Waals surface area contributed by atoms with Crippen molar-refractivity contribution in [2.24, 2.45) is 0 Å². The van der Waals surface area contributed by atoms with Crippen molar-refractivity contribution in [2.75, 3.05) is 0 Å². The van der Waals surface area contributed by atoms with Crippen LogP contribution >= 0.6 is 0 Å². The Bertz CT molecular complexity index is 302. The lowest BCUT2D eigenvalue weighted by molar-refractivity contribution is -0.190. The van der Waals surface area contributed by atoms with Gasteiger partial charge in [-0.2, -0.15) is 0 Å². The van der Waals surface area contributed by atoms with Crippen molar-refractivity contribution in [3.8, 4) is 0 Å². The summed E-state index contributed by atoms with van der Waals surface area (Å²) in [4.78, 5) is 0. The van der Waals surface area contributed by atoms with Crippen molar-refractivity contribution < 1.29 is 14.9 Å². The summed E-state index contributed by atoms with van der Waals surface area (Å²) in [5.74, 6) is 0. The van der Waals surface area contributed by atoms with Gasteiger partial charge < -0.3 is 14.9 Å². The van der Waals surface area contributed by atoms with Crippen molar-refractivity contribution in [1.82, 2.24) is 0 Å². The Morgan fingerprint density at radius 2 is 1.88 bits per heavy atom. The predicted octanol–water partition coefficient (Wildman–Crippen LogP) is 1.48. The second kappa shape index (κ2) is 5.43.